The molecule has 2 nitrogen and oxygen atoms in total. The third kappa shape index (κ3) is 2.96. The summed E-state index contributed by atoms with van der Waals surface area (Å²) in [5.74, 6) is 0. The van der Waals surface area contributed by atoms with Gasteiger partial charge >= 0.3 is 0 Å². The van der Waals surface area contributed by atoms with Gasteiger partial charge in [-0.15, -0.1) is 9.24 Å². The average molecular weight is 184 g/mol. The highest BCUT2D eigenvalue weighted by Crippen LogP contribution is 2.07. The van der Waals surface area contributed by atoms with Gasteiger partial charge in [0.05, 0.1) is 5.54 Å². The molecule has 0 amide bonds. The molecule has 2 N–H and O–H groups in total. The van der Waals surface area contributed by atoms with Gasteiger partial charge in [0.15, 0.2) is 0 Å². The molecule has 2 atom stereocenters. The Bertz CT molecular complexity index is 189. The van der Waals surface area contributed by atoms with Crippen molar-refractivity contribution in [1.82, 2.24) is 10.6 Å². The molecule has 68 valence electrons. The van der Waals surface area contributed by atoms with Crippen LogP contribution in [0.15, 0.2) is 24.4 Å². The molecule has 1 unspecified atom stereocenters. The third-order valence-electron chi connectivity index (χ3n) is 1.90. The molecule has 0 aromatic rings. The first-order valence-corrected chi connectivity index (χ1v) is 5.11. The standard InChI is InChI=1S/C9H17N2P/c1-9(8-10-6-7-12)4-2-3-5-11-9/h2-5,10-11H,6-8,12H2,1H3/t9-/m0/s1. The maximum absolute atomic E-state index is 3.38. The lowest BCUT2D eigenvalue weighted by atomic mass is 10.0. The highest BCUT2D eigenvalue weighted by molar-refractivity contribution is 7.16. The topological polar surface area (TPSA) is 24.1 Å². The van der Waals surface area contributed by atoms with Crippen LogP contribution in [-0.2, 0) is 0 Å². The van der Waals surface area contributed by atoms with Crippen molar-refractivity contribution >= 4 is 9.24 Å². The van der Waals surface area contributed by atoms with Crippen molar-refractivity contribution in [2.24, 2.45) is 0 Å². The zero-order valence-corrected chi connectivity index (χ0v) is 8.66. The molecule has 0 aromatic heterocycles. The van der Waals surface area contributed by atoms with Crippen LogP contribution in [0.3, 0.4) is 0 Å². The Morgan fingerprint density at radius 1 is 1.50 bits per heavy atom. The van der Waals surface area contributed by atoms with Crippen molar-refractivity contribution in [2.75, 3.05) is 19.3 Å². The molecule has 0 aromatic carbocycles. The van der Waals surface area contributed by atoms with Crippen LogP contribution in [0.5, 0.6) is 0 Å². The van der Waals surface area contributed by atoms with Gasteiger partial charge in [0.25, 0.3) is 0 Å². The predicted molar refractivity (Wildman–Crippen MR) is 57.3 cm³/mol. The molecular formula is C9H17N2P. The van der Waals surface area contributed by atoms with E-state index in [2.05, 4.69) is 38.9 Å². The lowest BCUT2D eigenvalue weighted by molar-refractivity contribution is 0.459. The lowest BCUT2D eigenvalue weighted by Gasteiger charge is -2.28. The fourth-order valence-corrected chi connectivity index (χ4v) is 1.37. The Morgan fingerprint density at radius 3 is 2.92 bits per heavy atom. The zero-order chi connectivity index (χ0) is 8.86. The van der Waals surface area contributed by atoms with Crippen molar-refractivity contribution in [1.29, 1.82) is 0 Å². The largest absolute Gasteiger partial charge is 0.381 e. The van der Waals surface area contributed by atoms with Gasteiger partial charge in [-0.05, 0) is 31.9 Å². The van der Waals surface area contributed by atoms with Crippen LogP contribution >= 0.6 is 9.24 Å². The number of nitrogens with one attached hydrogen (secondary N) is 2. The molecule has 0 bridgehead atoms. The van der Waals surface area contributed by atoms with Gasteiger partial charge in [-0.3, -0.25) is 0 Å². The van der Waals surface area contributed by atoms with Crippen molar-refractivity contribution in [2.45, 2.75) is 12.5 Å². The van der Waals surface area contributed by atoms with Gasteiger partial charge in [-0.1, -0.05) is 12.2 Å². The fraction of sp³-hybridized carbons (Fsp3) is 0.556. The highest BCUT2D eigenvalue weighted by Gasteiger charge is 2.18. The van der Waals surface area contributed by atoms with Crippen molar-refractivity contribution in [3.63, 3.8) is 0 Å². The number of rotatable bonds is 4. The highest BCUT2D eigenvalue weighted by atomic mass is 31.0. The van der Waals surface area contributed by atoms with Crippen LogP contribution in [-0.4, -0.2) is 24.8 Å². The molecule has 3 heteroatoms. The molecule has 0 saturated carbocycles. The van der Waals surface area contributed by atoms with Crippen LogP contribution in [0.2, 0.25) is 0 Å². The van der Waals surface area contributed by atoms with E-state index in [1.807, 2.05) is 12.3 Å². The lowest BCUT2D eigenvalue weighted by Crippen LogP contribution is -2.47. The minimum absolute atomic E-state index is 0.0919. The summed E-state index contributed by atoms with van der Waals surface area (Å²) in [7, 11) is 2.71. The molecule has 12 heavy (non-hydrogen) atoms. The molecule has 0 aliphatic carbocycles. The van der Waals surface area contributed by atoms with Crippen LogP contribution in [0.4, 0.5) is 0 Å². The summed E-state index contributed by atoms with van der Waals surface area (Å²) in [5, 5.41) is 6.69. The van der Waals surface area contributed by atoms with Gasteiger partial charge in [0.1, 0.15) is 0 Å². The SMILES string of the molecule is C[C@@]1(CNCCP)C=CC=CN1. The van der Waals surface area contributed by atoms with Crippen LogP contribution < -0.4 is 10.6 Å². The van der Waals surface area contributed by atoms with E-state index in [1.54, 1.807) is 0 Å². The second-order valence-electron chi connectivity index (χ2n) is 3.25. The summed E-state index contributed by atoms with van der Waals surface area (Å²) in [6, 6.07) is 0. The van der Waals surface area contributed by atoms with E-state index < -0.39 is 0 Å². The molecule has 0 radical (unpaired) electrons. The van der Waals surface area contributed by atoms with Crippen LogP contribution in [0, 0.1) is 0 Å². The smallest absolute Gasteiger partial charge is 0.0649 e. The van der Waals surface area contributed by atoms with E-state index in [4.69, 9.17) is 0 Å². The molecule has 0 spiro atoms. The van der Waals surface area contributed by atoms with Crippen LogP contribution in [0.25, 0.3) is 0 Å². The monoisotopic (exact) mass is 184 g/mol. The Labute approximate surface area is 76.7 Å². The van der Waals surface area contributed by atoms with Gasteiger partial charge in [-0.25, -0.2) is 0 Å². The summed E-state index contributed by atoms with van der Waals surface area (Å²) in [5.41, 5.74) is 0.0919. The Morgan fingerprint density at radius 2 is 2.33 bits per heavy atom. The fourth-order valence-electron chi connectivity index (χ4n) is 1.17. The summed E-state index contributed by atoms with van der Waals surface area (Å²) in [6.07, 6.45) is 9.37. The van der Waals surface area contributed by atoms with Crippen molar-refractivity contribution < 1.29 is 0 Å². The molecule has 1 heterocycles. The Hall–Kier alpha value is -0.330. The van der Waals surface area contributed by atoms with Crippen LogP contribution in [0.1, 0.15) is 6.92 Å². The maximum atomic E-state index is 3.38. The molecule has 1 rings (SSSR count). The third-order valence-corrected chi connectivity index (χ3v) is 2.19. The minimum Gasteiger partial charge on any atom is -0.381 e. The van der Waals surface area contributed by atoms with E-state index in [1.165, 1.54) is 0 Å². The van der Waals surface area contributed by atoms with E-state index >= 15 is 0 Å². The first-order valence-electron chi connectivity index (χ1n) is 4.30. The molecule has 1 aliphatic heterocycles. The maximum Gasteiger partial charge on any atom is 0.0649 e. The van der Waals surface area contributed by atoms with Gasteiger partial charge in [-0.2, -0.15) is 0 Å². The minimum atomic E-state index is 0.0919. The summed E-state index contributed by atoms with van der Waals surface area (Å²) >= 11 is 0. The molecular weight excluding hydrogens is 167 g/mol. The first kappa shape index (κ1) is 9.76. The number of hydrogen-bond donors (Lipinski definition) is 2. The van der Waals surface area contributed by atoms with Crippen molar-refractivity contribution in [3.8, 4) is 0 Å². The number of dihydropyridines is 1. The van der Waals surface area contributed by atoms with Gasteiger partial charge in [0.2, 0.25) is 0 Å². The number of allylic oxidation sites excluding steroid dienone is 2. The summed E-state index contributed by atoms with van der Waals surface area (Å²) in [4.78, 5) is 0. The van der Waals surface area contributed by atoms with Gasteiger partial charge in [0, 0.05) is 6.54 Å². The second-order valence-corrected chi connectivity index (χ2v) is 3.82. The predicted octanol–water partition coefficient (Wildman–Crippen LogP) is 0.883. The van der Waals surface area contributed by atoms with E-state index in [9.17, 15) is 0 Å². The summed E-state index contributed by atoms with van der Waals surface area (Å²) < 4.78 is 0. The molecule has 1 aliphatic rings. The normalized spacial score (nSPS) is 27.2. The van der Waals surface area contributed by atoms with Crippen molar-refractivity contribution in [3.05, 3.63) is 24.4 Å². The Balaban J connectivity index is 2.29. The average Bonchev–Trinajstić information content (AvgIpc) is 2.06. The first-order chi connectivity index (χ1) is 5.77. The summed E-state index contributed by atoms with van der Waals surface area (Å²) in [6.45, 7) is 4.21. The Kier molecular flexibility index (Phi) is 3.77. The zero-order valence-electron chi connectivity index (χ0n) is 7.51. The second kappa shape index (κ2) is 4.64. The van der Waals surface area contributed by atoms with E-state index in [-0.39, 0.29) is 5.54 Å². The van der Waals surface area contributed by atoms with E-state index in [0.717, 1.165) is 19.3 Å². The van der Waals surface area contributed by atoms with Gasteiger partial charge < -0.3 is 10.6 Å². The number of hydrogen-bond acceptors (Lipinski definition) is 2. The molecule has 0 saturated heterocycles. The molecule has 0 fully saturated rings. The quantitative estimate of drug-likeness (QED) is 0.500. The van der Waals surface area contributed by atoms with E-state index in [0.29, 0.717) is 0 Å².